The molecule has 0 amide bonds. The molecule has 72 valence electrons. The minimum absolute atomic E-state index is 0.776. The zero-order chi connectivity index (χ0) is 9.10. The fourth-order valence-corrected chi connectivity index (χ4v) is 1.90. The molecule has 1 aliphatic carbocycles. The predicted octanol–water partition coefficient (Wildman–Crippen LogP) is 1.34. The summed E-state index contributed by atoms with van der Waals surface area (Å²) in [6, 6.07) is 0.776. The van der Waals surface area contributed by atoms with E-state index < -0.39 is 0 Å². The number of H-pyrrole nitrogens is 1. The van der Waals surface area contributed by atoms with Gasteiger partial charge in [0.05, 0.1) is 6.33 Å². The molecule has 0 spiro atoms. The van der Waals surface area contributed by atoms with Gasteiger partial charge >= 0.3 is 0 Å². The van der Waals surface area contributed by atoms with Crippen molar-refractivity contribution in [2.45, 2.75) is 32.2 Å². The fraction of sp³-hybridized carbons (Fsp3) is 0.700. The Morgan fingerprint density at radius 1 is 1.62 bits per heavy atom. The van der Waals surface area contributed by atoms with Crippen LogP contribution in [0.15, 0.2) is 12.5 Å². The van der Waals surface area contributed by atoms with Crippen LogP contribution in [0.25, 0.3) is 0 Å². The first-order valence-electron chi connectivity index (χ1n) is 5.05. The van der Waals surface area contributed by atoms with Crippen molar-refractivity contribution in [2.75, 3.05) is 6.54 Å². The molecule has 1 aliphatic rings. The van der Waals surface area contributed by atoms with Crippen LogP contribution < -0.4 is 5.32 Å². The summed E-state index contributed by atoms with van der Waals surface area (Å²) in [5.74, 6) is 0.935. The van der Waals surface area contributed by atoms with Gasteiger partial charge in [0.1, 0.15) is 0 Å². The van der Waals surface area contributed by atoms with Gasteiger partial charge in [-0.2, -0.15) is 0 Å². The van der Waals surface area contributed by atoms with Crippen molar-refractivity contribution in [3.8, 4) is 0 Å². The first-order chi connectivity index (χ1) is 6.34. The zero-order valence-corrected chi connectivity index (χ0v) is 8.09. The van der Waals surface area contributed by atoms with Gasteiger partial charge in [-0.25, -0.2) is 4.98 Å². The molecule has 0 saturated heterocycles. The number of hydrogen-bond donors (Lipinski definition) is 2. The van der Waals surface area contributed by atoms with Crippen molar-refractivity contribution in [3.63, 3.8) is 0 Å². The van der Waals surface area contributed by atoms with E-state index in [9.17, 15) is 0 Å². The van der Waals surface area contributed by atoms with Crippen molar-refractivity contribution >= 4 is 0 Å². The maximum Gasteiger partial charge on any atom is 0.0921 e. The highest BCUT2D eigenvalue weighted by Crippen LogP contribution is 2.25. The van der Waals surface area contributed by atoms with E-state index in [1.165, 1.54) is 18.5 Å². The third kappa shape index (κ3) is 2.31. The molecule has 3 nitrogen and oxygen atoms in total. The maximum absolute atomic E-state index is 3.98. The molecule has 1 heterocycles. The van der Waals surface area contributed by atoms with E-state index in [4.69, 9.17) is 0 Å². The second-order valence-electron chi connectivity index (χ2n) is 4.05. The molecule has 0 bridgehead atoms. The van der Waals surface area contributed by atoms with Crippen LogP contribution in [0.1, 0.15) is 25.5 Å². The van der Waals surface area contributed by atoms with E-state index in [-0.39, 0.29) is 0 Å². The summed E-state index contributed by atoms with van der Waals surface area (Å²) in [4.78, 5) is 7.09. The molecule has 0 atom stereocenters. The van der Waals surface area contributed by atoms with Gasteiger partial charge in [0.2, 0.25) is 0 Å². The molecule has 3 heteroatoms. The molecule has 1 fully saturated rings. The summed E-state index contributed by atoms with van der Waals surface area (Å²) in [7, 11) is 0. The Bertz CT molecular complexity index is 237. The van der Waals surface area contributed by atoms with Gasteiger partial charge in [-0.1, -0.05) is 6.92 Å². The van der Waals surface area contributed by atoms with E-state index in [0.717, 1.165) is 24.9 Å². The molecular weight excluding hydrogens is 162 g/mol. The first-order valence-corrected chi connectivity index (χ1v) is 5.05. The van der Waals surface area contributed by atoms with Crippen LogP contribution in [0.4, 0.5) is 0 Å². The van der Waals surface area contributed by atoms with Gasteiger partial charge in [-0.15, -0.1) is 0 Å². The largest absolute Gasteiger partial charge is 0.348 e. The highest BCUT2D eigenvalue weighted by molar-refractivity contribution is 4.95. The number of hydrogen-bond acceptors (Lipinski definition) is 2. The van der Waals surface area contributed by atoms with Gasteiger partial charge in [0.15, 0.2) is 0 Å². The maximum atomic E-state index is 3.98. The molecule has 0 unspecified atom stereocenters. The standard InChI is InChI=1S/C10H17N3/c1-8-4-10(5-8)12-3-2-9-6-11-7-13-9/h6-8,10,12H,2-5H2,1H3,(H,11,13). The summed E-state index contributed by atoms with van der Waals surface area (Å²) < 4.78 is 0. The molecule has 1 aromatic heterocycles. The normalized spacial score (nSPS) is 27.2. The summed E-state index contributed by atoms with van der Waals surface area (Å²) in [6.07, 6.45) is 7.39. The molecular formula is C10H17N3. The molecule has 2 rings (SSSR count). The average molecular weight is 179 g/mol. The second kappa shape index (κ2) is 3.92. The lowest BCUT2D eigenvalue weighted by Crippen LogP contribution is -2.40. The number of rotatable bonds is 4. The number of imidazole rings is 1. The van der Waals surface area contributed by atoms with Crippen LogP contribution in [0.2, 0.25) is 0 Å². The minimum atomic E-state index is 0.776. The Labute approximate surface area is 79.0 Å². The van der Waals surface area contributed by atoms with Gasteiger partial charge < -0.3 is 10.3 Å². The predicted molar refractivity (Wildman–Crippen MR) is 52.5 cm³/mol. The van der Waals surface area contributed by atoms with Gasteiger partial charge in [-0.05, 0) is 18.8 Å². The Kier molecular flexibility index (Phi) is 2.64. The monoisotopic (exact) mass is 179 g/mol. The van der Waals surface area contributed by atoms with Gasteiger partial charge in [0.25, 0.3) is 0 Å². The van der Waals surface area contributed by atoms with E-state index >= 15 is 0 Å². The van der Waals surface area contributed by atoms with Crippen LogP contribution in [0, 0.1) is 5.92 Å². The van der Waals surface area contributed by atoms with Crippen LogP contribution in [0.5, 0.6) is 0 Å². The lowest BCUT2D eigenvalue weighted by Gasteiger charge is -2.33. The van der Waals surface area contributed by atoms with Gasteiger partial charge in [-0.3, -0.25) is 0 Å². The third-order valence-corrected chi connectivity index (χ3v) is 2.76. The lowest BCUT2D eigenvalue weighted by molar-refractivity contribution is 0.243. The van der Waals surface area contributed by atoms with Crippen LogP contribution in [-0.2, 0) is 6.42 Å². The van der Waals surface area contributed by atoms with Crippen molar-refractivity contribution in [1.82, 2.24) is 15.3 Å². The Hall–Kier alpha value is -0.830. The molecule has 0 aliphatic heterocycles. The van der Waals surface area contributed by atoms with E-state index in [0.29, 0.717) is 0 Å². The number of aromatic nitrogens is 2. The number of nitrogens with zero attached hydrogens (tertiary/aromatic N) is 1. The summed E-state index contributed by atoms with van der Waals surface area (Å²) in [5, 5.41) is 3.54. The van der Waals surface area contributed by atoms with E-state index in [1.54, 1.807) is 6.33 Å². The molecule has 0 aromatic carbocycles. The van der Waals surface area contributed by atoms with Crippen LogP contribution in [0.3, 0.4) is 0 Å². The quantitative estimate of drug-likeness (QED) is 0.732. The fourth-order valence-electron chi connectivity index (χ4n) is 1.90. The third-order valence-electron chi connectivity index (χ3n) is 2.76. The van der Waals surface area contributed by atoms with Crippen LogP contribution in [-0.4, -0.2) is 22.6 Å². The summed E-state index contributed by atoms with van der Waals surface area (Å²) in [5.41, 5.74) is 1.22. The molecule has 1 saturated carbocycles. The Morgan fingerprint density at radius 3 is 3.08 bits per heavy atom. The molecule has 0 radical (unpaired) electrons. The first kappa shape index (κ1) is 8.75. The molecule has 13 heavy (non-hydrogen) atoms. The smallest absolute Gasteiger partial charge is 0.0921 e. The van der Waals surface area contributed by atoms with Gasteiger partial charge in [0, 0.05) is 30.9 Å². The molecule has 2 N–H and O–H groups in total. The second-order valence-corrected chi connectivity index (χ2v) is 4.05. The average Bonchev–Trinajstić information content (AvgIpc) is 2.53. The van der Waals surface area contributed by atoms with Crippen molar-refractivity contribution < 1.29 is 0 Å². The minimum Gasteiger partial charge on any atom is -0.348 e. The number of nitrogens with one attached hydrogen (secondary N) is 2. The number of aromatic amines is 1. The van der Waals surface area contributed by atoms with Crippen molar-refractivity contribution in [3.05, 3.63) is 18.2 Å². The summed E-state index contributed by atoms with van der Waals surface area (Å²) >= 11 is 0. The van der Waals surface area contributed by atoms with E-state index in [1.807, 2.05) is 6.20 Å². The summed E-state index contributed by atoms with van der Waals surface area (Å²) in [6.45, 7) is 3.38. The topological polar surface area (TPSA) is 40.7 Å². The van der Waals surface area contributed by atoms with Crippen LogP contribution >= 0.6 is 0 Å². The lowest BCUT2D eigenvalue weighted by atomic mass is 9.82. The Morgan fingerprint density at radius 2 is 2.46 bits per heavy atom. The van der Waals surface area contributed by atoms with Crippen molar-refractivity contribution in [2.24, 2.45) is 5.92 Å². The van der Waals surface area contributed by atoms with Crippen molar-refractivity contribution in [1.29, 1.82) is 0 Å². The van der Waals surface area contributed by atoms with E-state index in [2.05, 4.69) is 22.2 Å². The highest BCUT2D eigenvalue weighted by Gasteiger charge is 2.23. The SMILES string of the molecule is CC1CC(NCCc2cnc[nH]2)C1. The molecule has 1 aromatic rings. The highest BCUT2D eigenvalue weighted by atomic mass is 14.9. The zero-order valence-electron chi connectivity index (χ0n) is 8.09. The Balaban J connectivity index is 1.59.